The number of halogens is 2. The number of hydrogen-bond donors (Lipinski definition) is 0. The first-order chi connectivity index (χ1) is 9.13. The fourth-order valence-corrected chi connectivity index (χ4v) is 3.56. The van der Waals surface area contributed by atoms with Crippen molar-refractivity contribution < 1.29 is 4.79 Å². The fraction of sp³-hybridized carbons (Fsp3) is 0.533. The molecule has 0 spiro atoms. The van der Waals surface area contributed by atoms with E-state index in [0.717, 1.165) is 46.7 Å². The lowest BCUT2D eigenvalue weighted by atomic mass is 9.98. The number of hydrogen-bond acceptors (Lipinski definition) is 1. The second kappa shape index (κ2) is 6.89. The van der Waals surface area contributed by atoms with Gasteiger partial charge in [0.25, 0.3) is 5.91 Å². The minimum Gasteiger partial charge on any atom is -0.336 e. The number of carbonyl (C=O) groups excluding carboxylic acids is 1. The molecule has 0 saturated carbocycles. The van der Waals surface area contributed by atoms with Crippen LogP contribution < -0.4 is 0 Å². The average Bonchev–Trinajstić information content (AvgIpc) is 2.42. The number of piperidine rings is 1. The molecule has 2 nitrogen and oxygen atoms in total. The zero-order valence-electron chi connectivity index (χ0n) is 11.2. The van der Waals surface area contributed by atoms with Crippen molar-refractivity contribution in [2.75, 3.05) is 11.9 Å². The predicted octanol–water partition coefficient (Wildman–Crippen LogP) is 4.54. The average molecular weight is 389 g/mol. The summed E-state index contributed by atoms with van der Waals surface area (Å²) in [5.74, 6) is 0.185. The lowest BCUT2D eigenvalue weighted by Gasteiger charge is -2.36. The maximum atomic E-state index is 12.7. The van der Waals surface area contributed by atoms with E-state index in [1.807, 2.05) is 25.1 Å². The Bertz CT molecular complexity index is 459. The smallest absolute Gasteiger partial charge is 0.254 e. The standard InChI is InChI=1S/C15H19Br2NO/c1-11-5-6-12(17)10-14(11)15(19)18-9-3-2-4-13(18)7-8-16/h5-6,10,13H,2-4,7-9H2,1H3. The summed E-state index contributed by atoms with van der Waals surface area (Å²) < 4.78 is 0.968. The number of nitrogens with zero attached hydrogens (tertiary/aromatic N) is 1. The molecule has 1 amide bonds. The Hall–Kier alpha value is -0.350. The summed E-state index contributed by atoms with van der Waals surface area (Å²) in [6.07, 6.45) is 4.53. The molecule has 0 radical (unpaired) electrons. The number of benzene rings is 1. The van der Waals surface area contributed by atoms with Crippen LogP contribution >= 0.6 is 31.9 Å². The molecule has 0 N–H and O–H groups in total. The molecule has 0 bridgehead atoms. The first-order valence-corrected chi connectivity index (χ1v) is 8.68. The Morgan fingerprint density at radius 3 is 2.95 bits per heavy atom. The van der Waals surface area contributed by atoms with Crippen molar-refractivity contribution >= 4 is 37.8 Å². The first-order valence-electron chi connectivity index (χ1n) is 6.76. The van der Waals surface area contributed by atoms with Gasteiger partial charge >= 0.3 is 0 Å². The lowest BCUT2D eigenvalue weighted by Crippen LogP contribution is -2.44. The van der Waals surface area contributed by atoms with Gasteiger partial charge in [-0.15, -0.1) is 0 Å². The van der Waals surface area contributed by atoms with Crippen molar-refractivity contribution in [3.05, 3.63) is 33.8 Å². The topological polar surface area (TPSA) is 20.3 Å². The van der Waals surface area contributed by atoms with Gasteiger partial charge in [0.05, 0.1) is 0 Å². The number of rotatable bonds is 3. The van der Waals surface area contributed by atoms with Gasteiger partial charge in [0.2, 0.25) is 0 Å². The SMILES string of the molecule is Cc1ccc(Br)cc1C(=O)N1CCCCC1CCBr. The zero-order valence-corrected chi connectivity index (χ0v) is 14.3. The molecule has 19 heavy (non-hydrogen) atoms. The Balaban J connectivity index is 2.23. The van der Waals surface area contributed by atoms with Crippen LogP contribution in [0.4, 0.5) is 0 Å². The summed E-state index contributed by atoms with van der Waals surface area (Å²) in [5.41, 5.74) is 1.88. The third-order valence-corrected chi connectivity index (χ3v) is 4.71. The maximum Gasteiger partial charge on any atom is 0.254 e. The van der Waals surface area contributed by atoms with Gasteiger partial charge in [-0.05, 0) is 50.3 Å². The molecular weight excluding hydrogens is 370 g/mol. The quantitative estimate of drug-likeness (QED) is 0.696. The number of carbonyl (C=O) groups is 1. The second-order valence-electron chi connectivity index (χ2n) is 5.09. The highest BCUT2D eigenvalue weighted by atomic mass is 79.9. The van der Waals surface area contributed by atoms with Gasteiger partial charge in [0, 0.05) is 28.0 Å². The minimum atomic E-state index is 0.185. The number of likely N-dealkylation sites (tertiary alicyclic amines) is 1. The van der Waals surface area contributed by atoms with Crippen LogP contribution in [-0.2, 0) is 0 Å². The van der Waals surface area contributed by atoms with Gasteiger partial charge in [0.1, 0.15) is 0 Å². The second-order valence-corrected chi connectivity index (χ2v) is 6.79. The monoisotopic (exact) mass is 387 g/mol. The molecule has 0 aliphatic carbocycles. The van der Waals surface area contributed by atoms with E-state index in [1.54, 1.807) is 0 Å². The van der Waals surface area contributed by atoms with Gasteiger partial charge in [0.15, 0.2) is 0 Å². The van der Waals surface area contributed by atoms with Gasteiger partial charge in [-0.25, -0.2) is 0 Å². The molecule has 1 atom stereocenters. The normalized spacial score (nSPS) is 19.5. The summed E-state index contributed by atoms with van der Waals surface area (Å²) in [4.78, 5) is 14.8. The van der Waals surface area contributed by atoms with Crippen molar-refractivity contribution in [2.24, 2.45) is 0 Å². The van der Waals surface area contributed by atoms with Crippen LogP contribution in [0.25, 0.3) is 0 Å². The van der Waals surface area contributed by atoms with Crippen molar-refractivity contribution in [1.82, 2.24) is 4.90 Å². The third kappa shape index (κ3) is 3.60. The summed E-state index contributed by atoms with van der Waals surface area (Å²) in [6, 6.07) is 6.32. The van der Waals surface area contributed by atoms with E-state index in [0.29, 0.717) is 6.04 Å². The van der Waals surface area contributed by atoms with Crippen molar-refractivity contribution in [3.63, 3.8) is 0 Å². The van der Waals surface area contributed by atoms with E-state index >= 15 is 0 Å². The van der Waals surface area contributed by atoms with E-state index in [1.165, 1.54) is 6.42 Å². The zero-order chi connectivity index (χ0) is 13.8. The minimum absolute atomic E-state index is 0.185. The summed E-state index contributed by atoms with van der Waals surface area (Å²) in [5, 5.41) is 0.957. The molecule has 1 fully saturated rings. The molecule has 1 saturated heterocycles. The maximum absolute atomic E-state index is 12.7. The Labute approximate surface area is 131 Å². The molecule has 1 aliphatic rings. The Morgan fingerprint density at radius 2 is 2.21 bits per heavy atom. The molecule has 0 aromatic heterocycles. The third-order valence-electron chi connectivity index (χ3n) is 3.76. The highest BCUT2D eigenvalue weighted by Crippen LogP contribution is 2.25. The van der Waals surface area contributed by atoms with Gasteiger partial charge < -0.3 is 4.90 Å². The van der Waals surface area contributed by atoms with Crippen LogP contribution in [0.15, 0.2) is 22.7 Å². The van der Waals surface area contributed by atoms with E-state index < -0.39 is 0 Å². The summed E-state index contributed by atoms with van der Waals surface area (Å²) in [7, 11) is 0. The number of aryl methyl sites for hydroxylation is 1. The first kappa shape index (κ1) is 15.0. The predicted molar refractivity (Wildman–Crippen MR) is 86.0 cm³/mol. The molecule has 1 aromatic rings. The number of alkyl halides is 1. The van der Waals surface area contributed by atoms with Crippen LogP contribution in [0.1, 0.15) is 41.6 Å². The van der Waals surface area contributed by atoms with E-state index in [-0.39, 0.29) is 5.91 Å². The highest BCUT2D eigenvalue weighted by molar-refractivity contribution is 9.10. The Kier molecular flexibility index (Phi) is 5.46. The molecular formula is C15H19Br2NO. The molecule has 1 aliphatic heterocycles. The van der Waals surface area contributed by atoms with Crippen LogP contribution in [0.3, 0.4) is 0 Å². The van der Waals surface area contributed by atoms with Gasteiger partial charge in [-0.1, -0.05) is 37.9 Å². The fourth-order valence-electron chi connectivity index (χ4n) is 2.67. The van der Waals surface area contributed by atoms with Crippen LogP contribution in [-0.4, -0.2) is 28.7 Å². The van der Waals surface area contributed by atoms with Crippen LogP contribution in [0, 0.1) is 6.92 Å². The van der Waals surface area contributed by atoms with Crippen molar-refractivity contribution in [3.8, 4) is 0 Å². The molecule has 104 valence electrons. The molecule has 1 unspecified atom stereocenters. The number of amides is 1. The van der Waals surface area contributed by atoms with Crippen LogP contribution in [0.5, 0.6) is 0 Å². The molecule has 1 aromatic carbocycles. The van der Waals surface area contributed by atoms with Crippen LogP contribution in [0.2, 0.25) is 0 Å². The van der Waals surface area contributed by atoms with E-state index in [4.69, 9.17) is 0 Å². The highest BCUT2D eigenvalue weighted by Gasteiger charge is 2.27. The Morgan fingerprint density at radius 1 is 1.42 bits per heavy atom. The van der Waals surface area contributed by atoms with Gasteiger partial charge in [-0.3, -0.25) is 4.79 Å². The largest absolute Gasteiger partial charge is 0.336 e. The molecule has 4 heteroatoms. The molecule has 2 rings (SSSR count). The van der Waals surface area contributed by atoms with E-state index in [9.17, 15) is 4.79 Å². The van der Waals surface area contributed by atoms with Crippen molar-refractivity contribution in [2.45, 2.75) is 38.6 Å². The van der Waals surface area contributed by atoms with Gasteiger partial charge in [-0.2, -0.15) is 0 Å². The lowest BCUT2D eigenvalue weighted by molar-refractivity contribution is 0.0609. The van der Waals surface area contributed by atoms with E-state index in [2.05, 4.69) is 36.8 Å². The summed E-state index contributed by atoms with van der Waals surface area (Å²) in [6.45, 7) is 2.89. The summed E-state index contributed by atoms with van der Waals surface area (Å²) >= 11 is 6.95. The molecule has 1 heterocycles. The van der Waals surface area contributed by atoms with Crippen molar-refractivity contribution in [1.29, 1.82) is 0 Å².